The molecule has 0 radical (unpaired) electrons. The third-order valence-corrected chi connectivity index (χ3v) is 6.54. The van der Waals surface area contributed by atoms with Gasteiger partial charge in [0, 0.05) is 23.5 Å². The molecule has 2 heteroatoms. The highest BCUT2D eigenvalue weighted by atomic mass is 79.9. The molecule has 1 aromatic carbocycles. The van der Waals surface area contributed by atoms with Crippen LogP contribution in [0.5, 0.6) is 0 Å². The third kappa shape index (κ3) is 2.27. The van der Waals surface area contributed by atoms with Crippen molar-refractivity contribution < 1.29 is 0 Å². The Kier molecular flexibility index (Phi) is 3.74. The summed E-state index contributed by atoms with van der Waals surface area (Å²) in [6.45, 7) is 8.40. The first-order chi connectivity index (χ1) is 9.09. The lowest BCUT2D eigenvalue weighted by Gasteiger charge is -2.39. The maximum atomic E-state index is 3.98. The molecule has 0 spiro atoms. The largest absolute Gasteiger partial charge is 0.292 e. The minimum absolute atomic E-state index is 0.540. The highest BCUT2D eigenvalue weighted by Crippen LogP contribution is 2.51. The van der Waals surface area contributed by atoms with Crippen molar-refractivity contribution in [2.75, 3.05) is 6.54 Å². The lowest BCUT2D eigenvalue weighted by molar-refractivity contribution is 0.0936. The van der Waals surface area contributed by atoms with Gasteiger partial charge >= 0.3 is 0 Å². The van der Waals surface area contributed by atoms with E-state index in [1.54, 1.807) is 0 Å². The molecule has 0 N–H and O–H groups in total. The van der Waals surface area contributed by atoms with Crippen LogP contribution < -0.4 is 0 Å². The summed E-state index contributed by atoms with van der Waals surface area (Å²) in [5, 5.41) is 0. The third-order valence-electron chi connectivity index (χ3n) is 5.25. The zero-order valence-corrected chi connectivity index (χ0v) is 13.7. The molecule has 1 aliphatic heterocycles. The second kappa shape index (κ2) is 5.21. The molecule has 1 saturated heterocycles. The summed E-state index contributed by atoms with van der Waals surface area (Å²) in [6.07, 6.45) is 1.41. The maximum absolute atomic E-state index is 3.98. The molecule has 0 unspecified atom stereocenters. The van der Waals surface area contributed by atoms with E-state index in [4.69, 9.17) is 0 Å². The Hall–Kier alpha value is -0.340. The Labute approximate surface area is 125 Å². The first-order valence-electron chi connectivity index (χ1n) is 7.54. The van der Waals surface area contributed by atoms with Crippen molar-refractivity contribution in [1.82, 2.24) is 4.90 Å². The van der Waals surface area contributed by atoms with Crippen LogP contribution in [0, 0.1) is 17.8 Å². The number of piperidine rings is 1. The van der Waals surface area contributed by atoms with Crippen LogP contribution in [-0.2, 0) is 0 Å². The number of fused-ring (bicyclic) bond motifs is 2. The number of hydrogen-bond acceptors (Lipinski definition) is 1. The standard InChI is InChI=1S/C17H24BrN/c1-11(2)15-9-14-10-19(17(15)16(14)18)12(3)13-7-5-4-6-8-13/h4-8,11-12,14-17H,9-10H2,1-3H3/t12-,14+,15+,16+,17+/m0/s1. The quantitative estimate of drug-likeness (QED) is 0.741. The first-order valence-corrected chi connectivity index (χ1v) is 8.46. The van der Waals surface area contributed by atoms with Gasteiger partial charge in [0.05, 0.1) is 0 Å². The van der Waals surface area contributed by atoms with Gasteiger partial charge < -0.3 is 0 Å². The van der Waals surface area contributed by atoms with Crippen molar-refractivity contribution in [1.29, 1.82) is 0 Å². The van der Waals surface area contributed by atoms with Crippen LogP contribution in [0.25, 0.3) is 0 Å². The summed E-state index contributed by atoms with van der Waals surface area (Å²) in [6, 6.07) is 12.2. The van der Waals surface area contributed by atoms with Crippen molar-refractivity contribution in [3.8, 4) is 0 Å². The topological polar surface area (TPSA) is 3.24 Å². The summed E-state index contributed by atoms with van der Waals surface area (Å²) in [4.78, 5) is 3.44. The Morgan fingerprint density at radius 3 is 2.42 bits per heavy atom. The smallest absolute Gasteiger partial charge is 0.0345 e. The van der Waals surface area contributed by atoms with E-state index in [2.05, 4.69) is 71.9 Å². The van der Waals surface area contributed by atoms with E-state index in [0.717, 1.165) is 23.8 Å². The average Bonchev–Trinajstić information content (AvgIpc) is 2.92. The molecule has 104 valence electrons. The van der Waals surface area contributed by atoms with E-state index in [1.165, 1.54) is 18.5 Å². The molecule has 2 aliphatic rings. The fraction of sp³-hybridized carbons (Fsp3) is 0.647. The summed E-state index contributed by atoms with van der Waals surface area (Å²) in [7, 11) is 0. The number of likely N-dealkylation sites (tertiary alicyclic amines) is 1. The molecule has 1 aliphatic carbocycles. The van der Waals surface area contributed by atoms with Crippen molar-refractivity contribution in [2.45, 2.75) is 44.1 Å². The van der Waals surface area contributed by atoms with Gasteiger partial charge in [-0.15, -0.1) is 0 Å². The highest BCUT2D eigenvalue weighted by molar-refractivity contribution is 9.09. The molecule has 0 amide bonds. The molecule has 1 aromatic rings. The Morgan fingerprint density at radius 1 is 1.16 bits per heavy atom. The molecule has 3 rings (SSSR count). The fourth-order valence-electron chi connectivity index (χ4n) is 4.14. The summed E-state index contributed by atoms with van der Waals surface area (Å²) < 4.78 is 0. The van der Waals surface area contributed by atoms with Crippen LogP contribution in [-0.4, -0.2) is 22.3 Å². The number of nitrogens with zero attached hydrogens (tertiary/aromatic N) is 1. The van der Waals surface area contributed by atoms with Gasteiger partial charge in [0.2, 0.25) is 0 Å². The van der Waals surface area contributed by atoms with Gasteiger partial charge in [0.1, 0.15) is 0 Å². The monoisotopic (exact) mass is 321 g/mol. The molecular weight excluding hydrogens is 298 g/mol. The number of halogens is 1. The lowest BCUT2D eigenvalue weighted by atomic mass is 9.86. The Morgan fingerprint density at radius 2 is 1.84 bits per heavy atom. The molecule has 2 bridgehead atoms. The predicted octanol–water partition coefficient (Wildman–Crippen LogP) is 4.49. The lowest BCUT2D eigenvalue weighted by Crippen LogP contribution is -2.42. The highest BCUT2D eigenvalue weighted by Gasteiger charge is 2.53. The minimum atomic E-state index is 0.540. The average molecular weight is 322 g/mol. The second-order valence-electron chi connectivity index (χ2n) is 6.62. The Bertz CT molecular complexity index is 430. The minimum Gasteiger partial charge on any atom is -0.292 e. The molecule has 19 heavy (non-hydrogen) atoms. The van der Waals surface area contributed by atoms with Crippen LogP contribution in [0.3, 0.4) is 0 Å². The van der Waals surface area contributed by atoms with Gasteiger partial charge in [0.25, 0.3) is 0 Å². The van der Waals surface area contributed by atoms with E-state index in [1.807, 2.05) is 0 Å². The molecule has 5 atom stereocenters. The van der Waals surface area contributed by atoms with E-state index < -0.39 is 0 Å². The fourth-order valence-corrected chi connectivity index (χ4v) is 5.22. The molecule has 0 aromatic heterocycles. The van der Waals surface area contributed by atoms with E-state index in [9.17, 15) is 0 Å². The second-order valence-corrected chi connectivity index (χ2v) is 7.68. The van der Waals surface area contributed by atoms with Crippen molar-refractivity contribution >= 4 is 15.9 Å². The molecule has 2 fully saturated rings. The van der Waals surface area contributed by atoms with Crippen molar-refractivity contribution in [3.63, 3.8) is 0 Å². The summed E-state index contributed by atoms with van der Waals surface area (Å²) in [5.74, 6) is 2.50. The van der Waals surface area contributed by atoms with Gasteiger partial charge in [-0.25, -0.2) is 0 Å². The SMILES string of the molecule is CC(C)[C@H]1C[C@@H]2CN([C@@H](C)c3ccccc3)[C@H]1[C@@H]2Br. The number of alkyl halides is 1. The van der Waals surface area contributed by atoms with E-state index >= 15 is 0 Å². The molecule has 1 saturated carbocycles. The van der Waals surface area contributed by atoms with Crippen LogP contribution >= 0.6 is 15.9 Å². The number of benzene rings is 1. The van der Waals surface area contributed by atoms with Gasteiger partial charge in [-0.1, -0.05) is 60.1 Å². The first kappa shape index (κ1) is 13.6. The summed E-state index contributed by atoms with van der Waals surface area (Å²) in [5.41, 5.74) is 1.46. The van der Waals surface area contributed by atoms with Crippen LogP contribution in [0.2, 0.25) is 0 Å². The van der Waals surface area contributed by atoms with Crippen LogP contribution in [0.1, 0.15) is 38.8 Å². The van der Waals surface area contributed by atoms with E-state index in [-0.39, 0.29) is 0 Å². The summed E-state index contributed by atoms with van der Waals surface area (Å²) >= 11 is 3.98. The van der Waals surface area contributed by atoms with Crippen LogP contribution in [0.15, 0.2) is 30.3 Å². The normalized spacial score (nSPS) is 36.1. The van der Waals surface area contributed by atoms with Gasteiger partial charge in [-0.3, -0.25) is 4.90 Å². The van der Waals surface area contributed by atoms with E-state index in [0.29, 0.717) is 10.9 Å². The Balaban J connectivity index is 1.83. The van der Waals surface area contributed by atoms with Crippen molar-refractivity contribution in [2.24, 2.45) is 17.8 Å². The zero-order valence-electron chi connectivity index (χ0n) is 12.1. The molecule has 1 heterocycles. The molecule has 1 nitrogen and oxygen atoms in total. The van der Waals surface area contributed by atoms with Crippen LogP contribution in [0.4, 0.5) is 0 Å². The molecular formula is C17H24BrN. The van der Waals surface area contributed by atoms with Crippen molar-refractivity contribution in [3.05, 3.63) is 35.9 Å². The maximum Gasteiger partial charge on any atom is 0.0345 e. The zero-order chi connectivity index (χ0) is 13.6. The number of hydrogen-bond donors (Lipinski definition) is 0. The van der Waals surface area contributed by atoms with Gasteiger partial charge in [-0.05, 0) is 36.7 Å². The predicted molar refractivity (Wildman–Crippen MR) is 84.5 cm³/mol. The number of rotatable bonds is 3. The van der Waals surface area contributed by atoms with Gasteiger partial charge in [-0.2, -0.15) is 0 Å². The van der Waals surface area contributed by atoms with Gasteiger partial charge in [0.15, 0.2) is 0 Å².